The average molecular weight is 259 g/mol. The molecule has 2 rings (SSSR count). The number of hydrogen-bond donors (Lipinski definition) is 0. The lowest BCUT2D eigenvalue weighted by Gasteiger charge is -1.96. The number of halogens is 1. The molecular weight excluding hydrogens is 252 g/mol. The van der Waals surface area contributed by atoms with Crippen molar-refractivity contribution in [1.82, 2.24) is 18.5 Å². The zero-order chi connectivity index (χ0) is 11.5. The molecular formula is C8H7ClN4O2S. The summed E-state index contributed by atoms with van der Waals surface area (Å²) in [4.78, 5) is 11.4. The lowest BCUT2D eigenvalue weighted by Crippen LogP contribution is -2.03. The van der Waals surface area contributed by atoms with Crippen LogP contribution in [0.1, 0.15) is 17.3 Å². The Hall–Kier alpha value is -1.47. The van der Waals surface area contributed by atoms with Gasteiger partial charge in [-0.1, -0.05) is 11.6 Å². The van der Waals surface area contributed by atoms with E-state index in [4.69, 9.17) is 16.3 Å². The zero-order valence-electron chi connectivity index (χ0n) is 8.25. The van der Waals surface area contributed by atoms with Gasteiger partial charge < -0.3 is 4.74 Å². The van der Waals surface area contributed by atoms with Gasteiger partial charge in [-0.2, -0.15) is 13.8 Å². The van der Waals surface area contributed by atoms with Crippen LogP contribution < -0.4 is 0 Å². The first-order valence-corrected chi connectivity index (χ1v) is 5.53. The minimum atomic E-state index is -0.423. The van der Waals surface area contributed by atoms with E-state index >= 15 is 0 Å². The van der Waals surface area contributed by atoms with Gasteiger partial charge in [0.15, 0.2) is 5.15 Å². The van der Waals surface area contributed by atoms with E-state index in [0.29, 0.717) is 18.0 Å². The smallest absolute Gasteiger partial charge is 0.341 e. The molecule has 2 aromatic rings. The molecule has 0 atom stereocenters. The van der Waals surface area contributed by atoms with E-state index in [0.717, 1.165) is 11.7 Å². The summed E-state index contributed by atoms with van der Waals surface area (Å²) in [6.45, 7) is 2.06. The Balaban J connectivity index is 2.26. The summed E-state index contributed by atoms with van der Waals surface area (Å²) >= 11 is 6.76. The third-order valence-electron chi connectivity index (χ3n) is 1.74. The number of hydrogen-bond acceptors (Lipinski definition) is 6. The highest BCUT2D eigenvalue weighted by molar-refractivity contribution is 6.99. The Morgan fingerprint density at radius 1 is 1.62 bits per heavy atom. The molecule has 0 radical (unpaired) electrons. The van der Waals surface area contributed by atoms with Gasteiger partial charge in [-0.05, 0) is 6.92 Å². The third kappa shape index (κ3) is 2.05. The van der Waals surface area contributed by atoms with Crippen LogP contribution in [0.2, 0.25) is 5.15 Å². The highest BCUT2D eigenvalue weighted by Crippen LogP contribution is 2.17. The van der Waals surface area contributed by atoms with Crippen molar-refractivity contribution in [2.45, 2.75) is 6.92 Å². The maximum Gasteiger partial charge on any atom is 0.341 e. The Bertz CT molecular complexity index is 510. The van der Waals surface area contributed by atoms with Crippen LogP contribution in [-0.4, -0.2) is 31.1 Å². The van der Waals surface area contributed by atoms with Crippen LogP contribution in [-0.2, 0) is 4.74 Å². The molecule has 0 amide bonds. The summed E-state index contributed by atoms with van der Waals surface area (Å²) in [5, 5.41) is 4.21. The molecule has 84 valence electrons. The van der Waals surface area contributed by atoms with Gasteiger partial charge in [0.2, 0.25) is 5.82 Å². The molecule has 2 aromatic heterocycles. The molecule has 0 N–H and O–H groups in total. The Labute approximate surface area is 100 Å². The van der Waals surface area contributed by atoms with E-state index in [1.807, 2.05) is 0 Å². The van der Waals surface area contributed by atoms with Crippen molar-refractivity contribution >= 4 is 29.3 Å². The maximum atomic E-state index is 11.4. The van der Waals surface area contributed by atoms with E-state index < -0.39 is 5.97 Å². The predicted molar refractivity (Wildman–Crippen MR) is 58.0 cm³/mol. The van der Waals surface area contributed by atoms with Crippen molar-refractivity contribution in [3.8, 4) is 5.82 Å². The van der Waals surface area contributed by atoms with E-state index in [9.17, 15) is 4.79 Å². The minimum Gasteiger partial charge on any atom is -0.462 e. The van der Waals surface area contributed by atoms with E-state index in [2.05, 4.69) is 13.8 Å². The largest absolute Gasteiger partial charge is 0.462 e. The van der Waals surface area contributed by atoms with Crippen LogP contribution >= 0.6 is 23.3 Å². The summed E-state index contributed by atoms with van der Waals surface area (Å²) in [6, 6.07) is 0. The quantitative estimate of drug-likeness (QED) is 0.782. The molecule has 0 bridgehead atoms. The predicted octanol–water partition coefficient (Wildman–Crippen LogP) is 1.55. The lowest BCUT2D eigenvalue weighted by molar-refractivity contribution is 0.0526. The van der Waals surface area contributed by atoms with Gasteiger partial charge in [-0.3, -0.25) is 0 Å². The zero-order valence-corrected chi connectivity index (χ0v) is 9.83. The van der Waals surface area contributed by atoms with Gasteiger partial charge in [-0.15, -0.1) is 0 Å². The molecule has 6 nitrogen and oxygen atoms in total. The van der Waals surface area contributed by atoms with Gasteiger partial charge in [0.1, 0.15) is 0 Å². The van der Waals surface area contributed by atoms with E-state index in [-0.39, 0.29) is 5.15 Å². The van der Waals surface area contributed by atoms with Crippen LogP contribution in [0, 0.1) is 0 Å². The maximum absolute atomic E-state index is 11.4. The molecule has 0 saturated carbocycles. The van der Waals surface area contributed by atoms with Gasteiger partial charge >= 0.3 is 5.97 Å². The van der Waals surface area contributed by atoms with Crippen LogP contribution in [0.15, 0.2) is 12.4 Å². The summed E-state index contributed by atoms with van der Waals surface area (Å²) in [5.74, 6) is -0.0183. The van der Waals surface area contributed by atoms with Crippen LogP contribution in [0.25, 0.3) is 5.82 Å². The van der Waals surface area contributed by atoms with Crippen LogP contribution in [0.4, 0.5) is 0 Å². The Kier molecular flexibility index (Phi) is 3.16. The standard InChI is InChI=1S/C8H7ClN4O2S/c1-2-15-8(14)5-3-10-13(4-5)7-6(9)11-16-12-7/h3-4H,2H2,1H3. The molecule has 0 aliphatic rings. The molecule has 2 heterocycles. The molecule has 0 aliphatic heterocycles. The molecule has 0 fully saturated rings. The first-order valence-electron chi connectivity index (χ1n) is 4.42. The molecule has 0 unspecified atom stereocenters. The minimum absolute atomic E-state index is 0.253. The van der Waals surface area contributed by atoms with Gasteiger partial charge in [0.05, 0.1) is 30.1 Å². The Morgan fingerprint density at radius 2 is 2.44 bits per heavy atom. The number of ether oxygens (including phenoxy) is 1. The summed E-state index contributed by atoms with van der Waals surface area (Å²) in [6.07, 6.45) is 2.90. The number of rotatable bonds is 3. The Morgan fingerprint density at radius 3 is 3.06 bits per heavy atom. The topological polar surface area (TPSA) is 69.9 Å². The number of carbonyl (C=O) groups excluding carboxylic acids is 1. The summed E-state index contributed by atoms with van der Waals surface area (Å²) < 4.78 is 14.0. The highest BCUT2D eigenvalue weighted by Gasteiger charge is 2.13. The van der Waals surface area contributed by atoms with Crippen molar-refractivity contribution in [2.24, 2.45) is 0 Å². The molecule has 0 spiro atoms. The number of carbonyl (C=O) groups is 1. The van der Waals surface area contributed by atoms with Crippen molar-refractivity contribution in [1.29, 1.82) is 0 Å². The SMILES string of the molecule is CCOC(=O)c1cnn(-c2nsnc2Cl)c1. The second-order valence-corrected chi connectivity index (χ2v) is 3.66. The molecule has 16 heavy (non-hydrogen) atoms. The fourth-order valence-electron chi connectivity index (χ4n) is 1.07. The number of aromatic nitrogens is 4. The fraction of sp³-hybridized carbons (Fsp3) is 0.250. The van der Waals surface area contributed by atoms with Gasteiger partial charge in [0.25, 0.3) is 0 Å². The molecule has 8 heteroatoms. The van der Waals surface area contributed by atoms with Crippen molar-refractivity contribution in [2.75, 3.05) is 6.61 Å². The van der Waals surface area contributed by atoms with Gasteiger partial charge in [-0.25, -0.2) is 9.48 Å². The van der Waals surface area contributed by atoms with Crippen molar-refractivity contribution < 1.29 is 9.53 Å². The normalized spacial score (nSPS) is 10.4. The fourth-order valence-corrected chi connectivity index (χ4v) is 1.78. The van der Waals surface area contributed by atoms with Gasteiger partial charge in [0, 0.05) is 6.20 Å². The first-order chi connectivity index (χ1) is 7.72. The van der Waals surface area contributed by atoms with Crippen molar-refractivity contribution in [3.05, 3.63) is 23.1 Å². The second kappa shape index (κ2) is 4.58. The second-order valence-electron chi connectivity index (χ2n) is 2.77. The monoisotopic (exact) mass is 258 g/mol. The van der Waals surface area contributed by atoms with Crippen LogP contribution in [0.3, 0.4) is 0 Å². The van der Waals surface area contributed by atoms with Crippen LogP contribution in [0.5, 0.6) is 0 Å². The molecule has 0 aliphatic carbocycles. The van der Waals surface area contributed by atoms with E-state index in [1.165, 1.54) is 17.1 Å². The third-order valence-corrected chi connectivity index (χ3v) is 2.62. The summed E-state index contributed by atoms with van der Waals surface area (Å²) in [7, 11) is 0. The summed E-state index contributed by atoms with van der Waals surface area (Å²) in [5.41, 5.74) is 0.353. The molecule has 0 aromatic carbocycles. The van der Waals surface area contributed by atoms with E-state index in [1.54, 1.807) is 6.92 Å². The average Bonchev–Trinajstić information content (AvgIpc) is 2.86. The first kappa shape index (κ1) is 11.0. The lowest BCUT2D eigenvalue weighted by atomic mass is 10.4. The molecule has 0 saturated heterocycles. The van der Waals surface area contributed by atoms with Crippen molar-refractivity contribution in [3.63, 3.8) is 0 Å². The number of nitrogens with zero attached hydrogens (tertiary/aromatic N) is 4. The number of esters is 1. The highest BCUT2D eigenvalue weighted by atomic mass is 35.5.